The molecule has 3 aromatic rings. The van der Waals surface area contributed by atoms with Gasteiger partial charge in [0, 0.05) is 18.1 Å². The Morgan fingerprint density at radius 2 is 1.79 bits per heavy atom. The highest BCUT2D eigenvalue weighted by molar-refractivity contribution is 6.34. The van der Waals surface area contributed by atoms with E-state index >= 15 is 0 Å². The molecule has 0 radical (unpaired) electrons. The first kappa shape index (κ1) is 16.7. The first-order valence-corrected chi connectivity index (χ1v) is 8.48. The average molecular weight is 341 g/mol. The number of nitrogens with zero attached hydrogens (tertiary/aromatic N) is 1. The lowest BCUT2D eigenvalue weighted by molar-refractivity contribution is 0.282. The molecule has 124 valence electrons. The first-order valence-electron chi connectivity index (χ1n) is 8.11. The molecule has 0 spiro atoms. The third kappa shape index (κ3) is 3.53. The van der Waals surface area contributed by atoms with Gasteiger partial charge in [-0.05, 0) is 34.7 Å². The summed E-state index contributed by atoms with van der Waals surface area (Å²) in [6.07, 6.45) is 1.70. The van der Waals surface area contributed by atoms with E-state index in [1.807, 2.05) is 30.3 Å². The highest BCUT2D eigenvalue weighted by atomic mass is 35.5. The molecule has 0 saturated heterocycles. The molecule has 0 bridgehead atoms. The van der Waals surface area contributed by atoms with Crippen molar-refractivity contribution in [3.05, 3.63) is 59.2 Å². The number of halogens is 1. The van der Waals surface area contributed by atoms with Gasteiger partial charge in [0.25, 0.3) is 0 Å². The predicted octanol–water partition coefficient (Wildman–Crippen LogP) is 5.12. The van der Waals surface area contributed by atoms with E-state index in [-0.39, 0.29) is 6.61 Å². The maximum atomic E-state index is 9.18. The lowest BCUT2D eigenvalue weighted by Gasteiger charge is -2.14. The summed E-state index contributed by atoms with van der Waals surface area (Å²) in [5.74, 6) is 0.526. The lowest BCUT2D eigenvalue weighted by atomic mass is 10.0. The summed E-state index contributed by atoms with van der Waals surface area (Å²) in [7, 11) is 0. The van der Waals surface area contributed by atoms with Crippen molar-refractivity contribution < 1.29 is 5.11 Å². The van der Waals surface area contributed by atoms with Gasteiger partial charge in [-0.15, -0.1) is 0 Å². The van der Waals surface area contributed by atoms with Gasteiger partial charge < -0.3 is 10.4 Å². The van der Waals surface area contributed by atoms with E-state index in [0.29, 0.717) is 10.9 Å². The second-order valence-corrected chi connectivity index (χ2v) is 6.75. The molecule has 0 atom stereocenters. The zero-order chi connectivity index (χ0) is 17.1. The van der Waals surface area contributed by atoms with E-state index in [1.54, 1.807) is 6.20 Å². The number of benzene rings is 2. The molecule has 3 nitrogen and oxygen atoms in total. The number of fused-ring (bicyclic) bond motifs is 1. The third-order valence-electron chi connectivity index (χ3n) is 3.98. The van der Waals surface area contributed by atoms with Crippen molar-refractivity contribution in [2.45, 2.75) is 20.5 Å². The molecule has 2 N–H and O–H groups in total. The molecule has 0 aliphatic heterocycles. The molecule has 0 fully saturated rings. The number of rotatable bonds is 5. The van der Waals surface area contributed by atoms with Gasteiger partial charge in [-0.3, -0.25) is 4.98 Å². The average Bonchev–Trinajstić information content (AvgIpc) is 2.60. The van der Waals surface area contributed by atoms with Crippen LogP contribution in [-0.4, -0.2) is 16.6 Å². The van der Waals surface area contributed by atoms with Crippen molar-refractivity contribution >= 4 is 28.2 Å². The van der Waals surface area contributed by atoms with Crippen LogP contribution in [0.25, 0.3) is 22.0 Å². The zero-order valence-corrected chi connectivity index (χ0v) is 14.6. The summed E-state index contributed by atoms with van der Waals surface area (Å²) >= 11 is 6.37. The second-order valence-electron chi connectivity index (χ2n) is 6.34. The Labute approximate surface area is 147 Å². The van der Waals surface area contributed by atoms with Gasteiger partial charge in [0.15, 0.2) is 0 Å². The molecule has 0 amide bonds. The second kappa shape index (κ2) is 7.20. The van der Waals surface area contributed by atoms with Crippen molar-refractivity contribution in [3.63, 3.8) is 0 Å². The number of aliphatic hydroxyl groups is 1. The van der Waals surface area contributed by atoms with Crippen LogP contribution in [0.3, 0.4) is 0 Å². The number of aliphatic hydroxyl groups excluding tert-OH is 1. The van der Waals surface area contributed by atoms with Gasteiger partial charge >= 0.3 is 0 Å². The van der Waals surface area contributed by atoms with Crippen LogP contribution in [0.15, 0.2) is 48.7 Å². The number of hydrogen-bond acceptors (Lipinski definition) is 3. The van der Waals surface area contributed by atoms with E-state index in [2.05, 4.69) is 36.3 Å². The predicted molar refractivity (Wildman–Crippen MR) is 101 cm³/mol. The highest BCUT2D eigenvalue weighted by Gasteiger charge is 2.09. The number of anilines is 1. The highest BCUT2D eigenvalue weighted by Crippen LogP contribution is 2.33. The summed E-state index contributed by atoms with van der Waals surface area (Å²) in [6, 6.07) is 14.1. The minimum absolute atomic E-state index is 0.0563. The largest absolute Gasteiger partial charge is 0.392 e. The minimum atomic E-state index is 0.0563. The van der Waals surface area contributed by atoms with Crippen molar-refractivity contribution in [1.82, 2.24) is 4.98 Å². The Bertz CT molecular complexity index is 844. The topological polar surface area (TPSA) is 45.2 Å². The van der Waals surface area contributed by atoms with Crippen molar-refractivity contribution in [2.24, 2.45) is 5.92 Å². The molecule has 0 aliphatic rings. The minimum Gasteiger partial charge on any atom is -0.392 e. The van der Waals surface area contributed by atoms with E-state index in [9.17, 15) is 5.11 Å². The standard InChI is InChI=1S/C20H21ClN2O/c1-13(2)10-23-20-17-9-16(7-8-19(17)22-11-18(20)21)15-5-3-14(12-24)4-6-15/h3-9,11,13,24H,10,12H2,1-2H3,(H,22,23). The molecule has 1 aromatic heterocycles. The first-order chi connectivity index (χ1) is 11.6. The van der Waals surface area contributed by atoms with Gasteiger partial charge in [-0.25, -0.2) is 0 Å². The zero-order valence-electron chi connectivity index (χ0n) is 13.9. The Morgan fingerprint density at radius 3 is 2.46 bits per heavy atom. The SMILES string of the molecule is CC(C)CNc1c(Cl)cnc2ccc(-c3ccc(CO)cc3)cc12. The quantitative estimate of drug-likeness (QED) is 0.678. The van der Waals surface area contributed by atoms with Crippen LogP contribution in [0, 0.1) is 5.92 Å². The summed E-state index contributed by atoms with van der Waals surface area (Å²) < 4.78 is 0. The maximum Gasteiger partial charge on any atom is 0.0827 e. The fourth-order valence-electron chi connectivity index (χ4n) is 2.64. The molecule has 0 aliphatic carbocycles. The van der Waals surface area contributed by atoms with Crippen molar-refractivity contribution in [2.75, 3.05) is 11.9 Å². The van der Waals surface area contributed by atoms with E-state index in [4.69, 9.17) is 11.6 Å². The van der Waals surface area contributed by atoms with E-state index < -0.39 is 0 Å². The number of pyridine rings is 1. The summed E-state index contributed by atoms with van der Waals surface area (Å²) in [6.45, 7) is 5.24. The van der Waals surface area contributed by atoms with Gasteiger partial charge in [0.05, 0.1) is 22.8 Å². The van der Waals surface area contributed by atoms with Crippen LogP contribution in [0.5, 0.6) is 0 Å². The molecule has 4 heteroatoms. The van der Waals surface area contributed by atoms with Crippen LogP contribution in [0.4, 0.5) is 5.69 Å². The number of nitrogens with one attached hydrogen (secondary N) is 1. The lowest BCUT2D eigenvalue weighted by Crippen LogP contribution is -2.08. The third-order valence-corrected chi connectivity index (χ3v) is 4.27. The van der Waals surface area contributed by atoms with Gasteiger partial charge in [-0.2, -0.15) is 0 Å². The van der Waals surface area contributed by atoms with Gasteiger partial charge in [0.1, 0.15) is 0 Å². The van der Waals surface area contributed by atoms with Crippen molar-refractivity contribution in [3.8, 4) is 11.1 Å². The van der Waals surface area contributed by atoms with E-state index in [1.165, 1.54) is 0 Å². The molecule has 0 unspecified atom stereocenters. The van der Waals surface area contributed by atoms with Crippen LogP contribution >= 0.6 is 11.6 Å². The monoisotopic (exact) mass is 340 g/mol. The Morgan fingerprint density at radius 1 is 1.08 bits per heavy atom. The van der Waals surface area contributed by atoms with Crippen LogP contribution in [0.1, 0.15) is 19.4 Å². The Balaban J connectivity index is 2.06. The van der Waals surface area contributed by atoms with Gasteiger partial charge in [-0.1, -0.05) is 55.8 Å². The summed E-state index contributed by atoms with van der Waals surface area (Å²) in [5, 5.41) is 14.3. The smallest absolute Gasteiger partial charge is 0.0827 e. The van der Waals surface area contributed by atoms with Crippen LogP contribution in [0.2, 0.25) is 5.02 Å². The summed E-state index contributed by atoms with van der Waals surface area (Å²) in [5.41, 5.74) is 4.96. The fourth-order valence-corrected chi connectivity index (χ4v) is 2.85. The Kier molecular flexibility index (Phi) is 5.03. The molecule has 0 saturated carbocycles. The fraction of sp³-hybridized carbons (Fsp3) is 0.250. The molecule has 3 rings (SSSR count). The normalized spacial score (nSPS) is 11.2. The molecule has 2 aromatic carbocycles. The molecular weight excluding hydrogens is 320 g/mol. The van der Waals surface area contributed by atoms with E-state index in [0.717, 1.165) is 39.8 Å². The molecule has 1 heterocycles. The van der Waals surface area contributed by atoms with Crippen LogP contribution in [-0.2, 0) is 6.61 Å². The molecular formula is C20H21ClN2O. The number of hydrogen-bond donors (Lipinski definition) is 2. The Hall–Kier alpha value is -2.10. The number of aromatic nitrogens is 1. The summed E-state index contributed by atoms with van der Waals surface area (Å²) in [4.78, 5) is 4.43. The van der Waals surface area contributed by atoms with Crippen LogP contribution < -0.4 is 5.32 Å². The van der Waals surface area contributed by atoms with Gasteiger partial charge in [0.2, 0.25) is 0 Å². The maximum absolute atomic E-state index is 9.18. The molecule has 24 heavy (non-hydrogen) atoms. The van der Waals surface area contributed by atoms with Crippen molar-refractivity contribution in [1.29, 1.82) is 0 Å².